The SMILES string of the molecule is N#Cc1ccc(S(=O)(=O)Nc2ccncc2F)c(Cl)c1. The molecule has 0 atom stereocenters. The van der Waals surface area contributed by atoms with E-state index in [0.717, 1.165) is 6.20 Å². The highest BCUT2D eigenvalue weighted by atomic mass is 35.5. The topological polar surface area (TPSA) is 82.8 Å². The van der Waals surface area contributed by atoms with Crippen LogP contribution in [0.5, 0.6) is 0 Å². The van der Waals surface area contributed by atoms with E-state index in [4.69, 9.17) is 16.9 Å². The lowest BCUT2D eigenvalue weighted by Crippen LogP contribution is -2.14. The van der Waals surface area contributed by atoms with Gasteiger partial charge in [-0.25, -0.2) is 12.8 Å². The summed E-state index contributed by atoms with van der Waals surface area (Å²) in [4.78, 5) is 3.27. The standard InChI is InChI=1S/C12H7ClFN3O2S/c13-9-5-8(6-15)1-2-12(9)20(18,19)17-11-3-4-16-7-10(11)14/h1-5,7H,(H,16,17). The molecule has 1 aromatic heterocycles. The molecule has 1 N–H and O–H groups in total. The summed E-state index contributed by atoms with van der Waals surface area (Å²) in [7, 11) is -4.05. The predicted molar refractivity (Wildman–Crippen MR) is 71.2 cm³/mol. The second-order valence-corrected chi connectivity index (χ2v) is 5.78. The molecule has 0 saturated carbocycles. The van der Waals surface area contributed by atoms with E-state index in [0.29, 0.717) is 0 Å². The summed E-state index contributed by atoms with van der Waals surface area (Å²) in [5, 5.41) is 8.58. The molecule has 0 bridgehead atoms. The molecular weight excluding hydrogens is 305 g/mol. The van der Waals surface area contributed by atoms with Gasteiger partial charge in [0.1, 0.15) is 4.90 Å². The van der Waals surface area contributed by atoms with Crippen LogP contribution in [-0.4, -0.2) is 13.4 Å². The highest BCUT2D eigenvalue weighted by molar-refractivity contribution is 7.92. The molecule has 102 valence electrons. The molecule has 8 heteroatoms. The van der Waals surface area contributed by atoms with E-state index in [2.05, 4.69) is 9.71 Å². The van der Waals surface area contributed by atoms with Gasteiger partial charge in [0.25, 0.3) is 10.0 Å². The van der Waals surface area contributed by atoms with Gasteiger partial charge in [0.2, 0.25) is 0 Å². The van der Waals surface area contributed by atoms with Crippen molar-refractivity contribution in [1.29, 1.82) is 5.26 Å². The first-order valence-electron chi connectivity index (χ1n) is 5.26. The van der Waals surface area contributed by atoms with E-state index in [1.54, 1.807) is 0 Å². The molecule has 0 aliphatic carbocycles. The molecule has 0 radical (unpaired) electrons. The summed E-state index contributed by atoms with van der Waals surface area (Å²) in [5.74, 6) is -0.805. The summed E-state index contributed by atoms with van der Waals surface area (Å²) in [6.45, 7) is 0. The lowest BCUT2D eigenvalue weighted by atomic mass is 10.2. The van der Waals surface area contributed by atoms with Crippen LogP contribution in [0.15, 0.2) is 41.6 Å². The van der Waals surface area contributed by atoms with Gasteiger partial charge in [-0.3, -0.25) is 9.71 Å². The smallest absolute Gasteiger partial charge is 0.263 e. The van der Waals surface area contributed by atoms with Crippen molar-refractivity contribution >= 4 is 27.3 Å². The Morgan fingerprint density at radius 1 is 1.35 bits per heavy atom. The molecule has 0 unspecified atom stereocenters. The zero-order valence-electron chi connectivity index (χ0n) is 9.84. The van der Waals surface area contributed by atoms with Gasteiger partial charge in [0, 0.05) is 6.20 Å². The summed E-state index contributed by atoms with van der Waals surface area (Å²) < 4.78 is 39.7. The second kappa shape index (κ2) is 5.45. The van der Waals surface area contributed by atoms with Crippen molar-refractivity contribution in [3.63, 3.8) is 0 Å². The fraction of sp³-hybridized carbons (Fsp3) is 0. The van der Waals surface area contributed by atoms with E-state index >= 15 is 0 Å². The molecular formula is C12H7ClFN3O2S. The highest BCUT2D eigenvalue weighted by Crippen LogP contribution is 2.25. The molecule has 5 nitrogen and oxygen atoms in total. The zero-order valence-corrected chi connectivity index (χ0v) is 11.4. The Kier molecular flexibility index (Phi) is 3.88. The Labute approximate surface area is 119 Å². The third-order valence-electron chi connectivity index (χ3n) is 2.37. The molecule has 1 aromatic carbocycles. The molecule has 0 amide bonds. The second-order valence-electron chi connectivity index (χ2n) is 3.72. The first-order chi connectivity index (χ1) is 9.44. The number of rotatable bonds is 3. The van der Waals surface area contributed by atoms with Crippen molar-refractivity contribution in [2.24, 2.45) is 0 Å². The monoisotopic (exact) mass is 311 g/mol. The number of pyridine rings is 1. The molecule has 2 rings (SSSR count). The van der Waals surface area contributed by atoms with Crippen molar-refractivity contribution in [1.82, 2.24) is 4.98 Å². The number of anilines is 1. The molecule has 0 aliphatic heterocycles. The Morgan fingerprint density at radius 2 is 2.10 bits per heavy atom. The van der Waals surface area contributed by atoms with Gasteiger partial charge in [-0.15, -0.1) is 0 Å². The van der Waals surface area contributed by atoms with E-state index in [1.807, 2.05) is 6.07 Å². The first kappa shape index (κ1) is 14.2. The largest absolute Gasteiger partial charge is 0.276 e. The molecule has 0 spiro atoms. The summed E-state index contributed by atoms with van der Waals surface area (Å²) >= 11 is 5.82. The van der Waals surface area contributed by atoms with Gasteiger partial charge in [-0.1, -0.05) is 11.6 Å². The van der Waals surface area contributed by atoms with Crippen LogP contribution in [0, 0.1) is 17.1 Å². The van der Waals surface area contributed by atoms with Crippen LogP contribution in [0.3, 0.4) is 0 Å². The quantitative estimate of drug-likeness (QED) is 0.944. The third-order valence-corrected chi connectivity index (χ3v) is 4.22. The van der Waals surface area contributed by atoms with Gasteiger partial charge in [0.15, 0.2) is 5.82 Å². The van der Waals surface area contributed by atoms with E-state index < -0.39 is 15.8 Å². The number of nitrogens with zero attached hydrogens (tertiary/aromatic N) is 2. The van der Waals surface area contributed by atoms with Crippen LogP contribution in [0.1, 0.15) is 5.56 Å². The number of nitrogens with one attached hydrogen (secondary N) is 1. The maximum atomic E-state index is 13.4. The molecule has 2 aromatic rings. The van der Waals surface area contributed by atoms with Crippen molar-refractivity contribution in [2.45, 2.75) is 4.90 Å². The van der Waals surface area contributed by atoms with Crippen LogP contribution in [0.25, 0.3) is 0 Å². The molecule has 1 heterocycles. The van der Waals surface area contributed by atoms with Crippen LogP contribution in [0.4, 0.5) is 10.1 Å². The fourth-order valence-electron chi connectivity index (χ4n) is 1.45. The minimum Gasteiger partial charge on any atom is -0.276 e. The molecule has 0 aliphatic rings. The third kappa shape index (κ3) is 2.87. The van der Waals surface area contributed by atoms with Gasteiger partial charge in [0.05, 0.1) is 28.5 Å². The van der Waals surface area contributed by atoms with E-state index in [9.17, 15) is 12.8 Å². The van der Waals surface area contributed by atoms with Gasteiger partial charge in [-0.05, 0) is 24.3 Å². The van der Waals surface area contributed by atoms with Gasteiger partial charge in [-0.2, -0.15) is 5.26 Å². The predicted octanol–water partition coefficient (Wildman–Crippen LogP) is 2.55. The number of hydrogen-bond donors (Lipinski definition) is 1. The van der Waals surface area contributed by atoms with Crippen LogP contribution < -0.4 is 4.72 Å². The van der Waals surface area contributed by atoms with Gasteiger partial charge < -0.3 is 0 Å². The minimum atomic E-state index is -4.05. The molecule has 0 saturated heterocycles. The Balaban J connectivity index is 2.42. The highest BCUT2D eigenvalue weighted by Gasteiger charge is 2.19. The number of aromatic nitrogens is 1. The molecule has 20 heavy (non-hydrogen) atoms. The lowest BCUT2D eigenvalue weighted by Gasteiger charge is -2.09. The minimum absolute atomic E-state index is 0.119. The lowest BCUT2D eigenvalue weighted by molar-refractivity contribution is 0.598. The number of benzene rings is 1. The number of sulfonamides is 1. The Hall–Kier alpha value is -2.17. The van der Waals surface area contributed by atoms with Crippen molar-refractivity contribution in [3.05, 3.63) is 53.1 Å². The maximum absolute atomic E-state index is 13.4. The maximum Gasteiger partial charge on any atom is 0.263 e. The van der Waals surface area contributed by atoms with E-state index in [-0.39, 0.29) is 21.2 Å². The van der Waals surface area contributed by atoms with Gasteiger partial charge >= 0.3 is 0 Å². The fourth-order valence-corrected chi connectivity index (χ4v) is 3.06. The average molecular weight is 312 g/mol. The Morgan fingerprint density at radius 3 is 2.70 bits per heavy atom. The zero-order chi connectivity index (χ0) is 14.8. The number of hydrogen-bond acceptors (Lipinski definition) is 4. The van der Waals surface area contributed by atoms with Crippen LogP contribution >= 0.6 is 11.6 Å². The van der Waals surface area contributed by atoms with Crippen molar-refractivity contribution in [3.8, 4) is 6.07 Å². The summed E-state index contributed by atoms with van der Waals surface area (Å²) in [6, 6.07) is 6.74. The van der Waals surface area contributed by atoms with Crippen LogP contribution in [0.2, 0.25) is 5.02 Å². The van der Waals surface area contributed by atoms with Crippen molar-refractivity contribution < 1.29 is 12.8 Å². The number of nitriles is 1. The normalized spacial score (nSPS) is 10.8. The van der Waals surface area contributed by atoms with Crippen LogP contribution in [-0.2, 0) is 10.0 Å². The first-order valence-corrected chi connectivity index (χ1v) is 7.12. The molecule has 0 fully saturated rings. The summed E-state index contributed by atoms with van der Waals surface area (Å²) in [6.07, 6.45) is 2.14. The summed E-state index contributed by atoms with van der Waals surface area (Å²) in [5.41, 5.74) is -0.00975. The van der Waals surface area contributed by atoms with E-state index in [1.165, 1.54) is 30.5 Å². The number of halogens is 2. The van der Waals surface area contributed by atoms with Crippen molar-refractivity contribution in [2.75, 3.05) is 4.72 Å². The Bertz CT molecular complexity index is 803. The average Bonchev–Trinajstić information content (AvgIpc) is 2.40.